The third kappa shape index (κ3) is 4.21. The van der Waals surface area contributed by atoms with E-state index in [1.165, 1.54) is 34.1 Å². The monoisotopic (exact) mass is 351 g/mol. The Kier molecular flexibility index (Phi) is 4.93. The van der Waals surface area contributed by atoms with E-state index in [0.717, 1.165) is 12.8 Å². The highest BCUT2D eigenvalue weighted by Gasteiger charge is 2.27. The standard InChI is InChI=1S/C20H16.C4H5N3/c1-3-7-15(8-4-1)13-17-11-12-18-19(20(17)18)14-16-9-5-2-6-10-16;5-4-1-2-6-3-7-4/h1-12H,13-14H2;1-3H,(H2,5,6,7). The van der Waals surface area contributed by atoms with Crippen LogP contribution in [0.3, 0.4) is 0 Å². The maximum Gasteiger partial charge on any atom is 0.126 e. The minimum absolute atomic E-state index is 0.509. The van der Waals surface area contributed by atoms with Crippen LogP contribution in [-0.2, 0) is 12.8 Å². The van der Waals surface area contributed by atoms with E-state index in [9.17, 15) is 0 Å². The largest absolute Gasteiger partial charge is 0.384 e. The molecule has 0 amide bonds. The van der Waals surface area contributed by atoms with Crippen LogP contribution in [0.4, 0.5) is 5.82 Å². The number of rotatable bonds is 4. The SMILES string of the molecule is Nc1ccncn1.c1ccc(Cc2ccc3c(Cc4ccccc4)c2-3)cc1. The van der Waals surface area contributed by atoms with Crippen LogP contribution in [0.25, 0.3) is 11.1 Å². The molecule has 0 spiro atoms. The van der Waals surface area contributed by atoms with Crippen molar-refractivity contribution in [3.8, 4) is 11.1 Å². The molecule has 0 bridgehead atoms. The Morgan fingerprint density at radius 2 is 1.37 bits per heavy atom. The van der Waals surface area contributed by atoms with Gasteiger partial charge in [-0.1, -0.05) is 72.8 Å². The van der Waals surface area contributed by atoms with Crippen LogP contribution in [0.2, 0.25) is 0 Å². The van der Waals surface area contributed by atoms with E-state index < -0.39 is 0 Å². The van der Waals surface area contributed by atoms with Crippen LogP contribution in [0, 0.1) is 0 Å². The van der Waals surface area contributed by atoms with Gasteiger partial charge in [-0.05, 0) is 52.3 Å². The van der Waals surface area contributed by atoms with Gasteiger partial charge in [-0.15, -0.1) is 0 Å². The average Bonchev–Trinajstić information content (AvgIpc) is 3.22. The summed E-state index contributed by atoms with van der Waals surface area (Å²) >= 11 is 0. The number of fused-ring (bicyclic) bond motifs is 1. The lowest BCUT2D eigenvalue weighted by atomic mass is 10.1. The zero-order chi connectivity index (χ0) is 18.5. The summed E-state index contributed by atoms with van der Waals surface area (Å²) in [5.41, 5.74) is 14.0. The first-order valence-electron chi connectivity index (χ1n) is 9.06. The van der Waals surface area contributed by atoms with Gasteiger partial charge in [-0.25, -0.2) is 9.97 Å². The van der Waals surface area contributed by atoms with Crippen molar-refractivity contribution < 1.29 is 0 Å². The molecule has 2 aromatic carbocycles. The Morgan fingerprint density at radius 1 is 0.704 bits per heavy atom. The maximum absolute atomic E-state index is 5.21. The van der Waals surface area contributed by atoms with Crippen LogP contribution in [0.5, 0.6) is 0 Å². The molecule has 2 aliphatic rings. The molecular weight excluding hydrogens is 330 g/mol. The topological polar surface area (TPSA) is 51.8 Å². The van der Waals surface area contributed by atoms with Crippen LogP contribution in [0.15, 0.2) is 91.4 Å². The van der Waals surface area contributed by atoms with Crippen molar-refractivity contribution in [2.24, 2.45) is 0 Å². The lowest BCUT2D eigenvalue weighted by molar-refractivity contribution is 1.18. The zero-order valence-electron chi connectivity index (χ0n) is 15.0. The van der Waals surface area contributed by atoms with Gasteiger partial charge >= 0.3 is 0 Å². The molecule has 2 N–H and O–H groups in total. The lowest BCUT2D eigenvalue weighted by Crippen LogP contribution is -1.87. The van der Waals surface area contributed by atoms with E-state index in [0.29, 0.717) is 5.82 Å². The molecule has 3 heteroatoms. The molecule has 1 aromatic heterocycles. The average molecular weight is 351 g/mol. The number of anilines is 1. The van der Waals surface area contributed by atoms with Gasteiger partial charge in [0.2, 0.25) is 0 Å². The first-order valence-corrected chi connectivity index (χ1v) is 9.06. The molecule has 5 rings (SSSR count). The Balaban J connectivity index is 0.000000218. The molecular formula is C24H21N3. The number of hydrogen-bond donors (Lipinski definition) is 1. The van der Waals surface area contributed by atoms with E-state index in [2.05, 4.69) is 82.8 Å². The van der Waals surface area contributed by atoms with Gasteiger partial charge in [-0.2, -0.15) is 0 Å². The van der Waals surface area contributed by atoms with Crippen LogP contribution < -0.4 is 5.73 Å². The van der Waals surface area contributed by atoms with Crippen molar-refractivity contribution in [1.29, 1.82) is 0 Å². The molecule has 0 saturated carbocycles. The van der Waals surface area contributed by atoms with E-state index in [1.54, 1.807) is 17.8 Å². The number of benzene rings is 3. The maximum atomic E-state index is 5.21. The molecule has 3 aromatic rings. The second-order valence-corrected chi connectivity index (χ2v) is 6.58. The summed E-state index contributed by atoms with van der Waals surface area (Å²) in [5.74, 6) is 0.509. The molecule has 1 heterocycles. The molecule has 0 radical (unpaired) electrons. The molecule has 3 nitrogen and oxygen atoms in total. The van der Waals surface area contributed by atoms with Gasteiger partial charge in [0.15, 0.2) is 0 Å². The number of nitrogens with two attached hydrogens (primary N) is 1. The van der Waals surface area contributed by atoms with E-state index >= 15 is 0 Å². The van der Waals surface area contributed by atoms with Gasteiger partial charge in [0, 0.05) is 6.20 Å². The molecule has 2 aliphatic carbocycles. The predicted octanol–water partition coefficient (Wildman–Crippen LogP) is 4.91. The quantitative estimate of drug-likeness (QED) is 0.501. The fourth-order valence-electron chi connectivity index (χ4n) is 3.31. The number of hydrogen-bond acceptors (Lipinski definition) is 3. The van der Waals surface area contributed by atoms with E-state index in [1.807, 2.05) is 0 Å². The van der Waals surface area contributed by atoms with Crippen LogP contribution in [-0.4, -0.2) is 9.97 Å². The van der Waals surface area contributed by atoms with Crippen molar-refractivity contribution >= 4 is 5.82 Å². The summed E-state index contributed by atoms with van der Waals surface area (Å²) in [5, 5.41) is 0. The Hall–Kier alpha value is -3.46. The summed E-state index contributed by atoms with van der Waals surface area (Å²) in [4.78, 5) is 7.30. The minimum Gasteiger partial charge on any atom is -0.384 e. The fourth-order valence-corrected chi connectivity index (χ4v) is 3.31. The van der Waals surface area contributed by atoms with Crippen molar-refractivity contribution in [2.45, 2.75) is 12.8 Å². The fraction of sp³-hybridized carbons (Fsp3) is 0.0833. The third-order valence-electron chi connectivity index (χ3n) is 4.67. The summed E-state index contributed by atoms with van der Waals surface area (Å²) in [6.45, 7) is 0. The van der Waals surface area contributed by atoms with E-state index in [4.69, 9.17) is 5.73 Å². The highest BCUT2D eigenvalue weighted by atomic mass is 14.9. The van der Waals surface area contributed by atoms with Gasteiger partial charge in [0.25, 0.3) is 0 Å². The second-order valence-electron chi connectivity index (χ2n) is 6.58. The molecule has 0 aliphatic heterocycles. The second kappa shape index (κ2) is 7.83. The minimum atomic E-state index is 0.509. The van der Waals surface area contributed by atoms with Gasteiger partial charge < -0.3 is 5.73 Å². The smallest absolute Gasteiger partial charge is 0.126 e. The summed E-state index contributed by atoms with van der Waals surface area (Å²) < 4.78 is 0. The molecule has 0 atom stereocenters. The summed E-state index contributed by atoms with van der Waals surface area (Å²) in [7, 11) is 0. The zero-order valence-corrected chi connectivity index (χ0v) is 15.0. The first kappa shape index (κ1) is 17.0. The van der Waals surface area contributed by atoms with Crippen LogP contribution >= 0.6 is 0 Å². The number of nitrogens with zero attached hydrogens (tertiary/aromatic N) is 2. The molecule has 27 heavy (non-hydrogen) atoms. The molecule has 0 saturated heterocycles. The lowest BCUT2D eigenvalue weighted by Gasteiger charge is -1.99. The Bertz CT molecular complexity index is 1010. The third-order valence-corrected chi connectivity index (χ3v) is 4.67. The van der Waals surface area contributed by atoms with Crippen LogP contribution in [0.1, 0.15) is 22.3 Å². The van der Waals surface area contributed by atoms with Gasteiger partial charge in [0.05, 0.1) is 0 Å². The van der Waals surface area contributed by atoms with Gasteiger partial charge in [0.1, 0.15) is 12.1 Å². The van der Waals surface area contributed by atoms with E-state index in [-0.39, 0.29) is 0 Å². The molecule has 0 fully saturated rings. The highest BCUT2D eigenvalue weighted by molar-refractivity contribution is 5.93. The summed E-state index contributed by atoms with van der Waals surface area (Å²) in [6, 6.07) is 27.7. The number of nitrogen functional groups attached to an aromatic ring is 1. The first-order chi connectivity index (χ1) is 13.3. The van der Waals surface area contributed by atoms with Crippen molar-refractivity contribution in [1.82, 2.24) is 9.97 Å². The molecule has 132 valence electrons. The highest BCUT2D eigenvalue weighted by Crippen LogP contribution is 2.48. The normalized spacial score (nSPS) is 10.7. The van der Waals surface area contributed by atoms with Gasteiger partial charge in [-0.3, -0.25) is 0 Å². The molecule has 0 unspecified atom stereocenters. The van der Waals surface area contributed by atoms with Crippen molar-refractivity contribution in [3.05, 3.63) is 114 Å². The number of aromatic nitrogens is 2. The Morgan fingerprint density at radius 3 is 1.93 bits per heavy atom. The predicted molar refractivity (Wildman–Crippen MR) is 110 cm³/mol. The van der Waals surface area contributed by atoms with Crippen molar-refractivity contribution in [3.63, 3.8) is 0 Å². The Labute approximate surface area is 159 Å². The summed E-state index contributed by atoms with van der Waals surface area (Å²) in [6.07, 6.45) is 5.14. The van der Waals surface area contributed by atoms with Crippen molar-refractivity contribution in [2.75, 3.05) is 5.73 Å².